The maximum Gasteiger partial charge on any atom is 0.291 e. The molecule has 3 aromatic heterocycles. The molecular formula is C20H24F2N6O4S2. The summed E-state index contributed by atoms with van der Waals surface area (Å²) in [7, 11) is -3.89. The summed E-state index contributed by atoms with van der Waals surface area (Å²) in [5, 5.41) is 16.7. The summed E-state index contributed by atoms with van der Waals surface area (Å²) in [5.74, 6) is 0.218. The van der Waals surface area contributed by atoms with Crippen molar-refractivity contribution in [3.8, 4) is 10.8 Å². The number of anilines is 1. The maximum atomic E-state index is 13.3. The van der Waals surface area contributed by atoms with Crippen molar-refractivity contribution < 1.29 is 27.0 Å². The Kier molecular flexibility index (Phi) is 5.83. The summed E-state index contributed by atoms with van der Waals surface area (Å²) in [6, 6.07) is 1.47. The molecule has 0 aromatic carbocycles. The van der Waals surface area contributed by atoms with Crippen molar-refractivity contribution in [2.24, 2.45) is 0 Å². The number of aliphatic hydroxyl groups is 1. The number of sulfonamides is 1. The Bertz CT molecular complexity index is 1320. The smallest absolute Gasteiger partial charge is 0.291 e. The van der Waals surface area contributed by atoms with Crippen molar-refractivity contribution in [3.63, 3.8) is 0 Å². The highest BCUT2D eigenvalue weighted by atomic mass is 32.2. The highest BCUT2D eigenvalue weighted by Crippen LogP contribution is 2.38. The Balaban J connectivity index is 1.67. The number of pyridine rings is 1. The summed E-state index contributed by atoms with van der Waals surface area (Å²) < 4.78 is 62.7. The van der Waals surface area contributed by atoms with E-state index in [4.69, 9.17) is 4.74 Å². The maximum absolute atomic E-state index is 13.3. The van der Waals surface area contributed by atoms with Crippen molar-refractivity contribution >= 4 is 32.6 Å². The molecule has 4 heterocycles. The molecule has 184 valence electrons. The van der Waals surface area contributed by atoms with Crippen LogP contribution in [-0.4, -0.2) is 70.5 Å². The monoisotopic (exact) mass is 514 g/mol. The number of alkyl halides is 2. The molecule has 3 aromatic rings. The number of ether oxygens (including phenoxy) is 1. The lowest BCUT2D eigenvalue weighted by molar-refractivity contribution is -0.0102. The first-order chi connectivity index (χ1) is 16.1. The third kappa shape index (κ3) is 4.28. The summed E-state index contributed by atoms with van der Waals surface area (Å²) in [4.78, 5) is 6.35. The lowest BCUT2D eigenvalue weighted by Crippen LogP contribution is -2.49. The fourth-order valence-corrected chi connectivity index (χ4v) is 6.11. The highest BCUT2D eigenvalue weighted by molar-refractivity contribution is 7.89. The van der Waals surface area contributed by atoms with Gasteiger partial charge in [0.25, 0.3) is 6.43 Å². The number of fused-ring (bicyclic) bond motifs is 1. The quantitative estimate of drug-likeness (QED) is 0.492. The Morgan fingerprint density at radius 3 is 2.79 bits per heavy atom. The van der Waals surface area contributed by atoms with Gasteiger partial charge in [0.1, 0.15) is 4.90 Å². The molecule has 0 bridgehead atoms. The first kappa shape index (κ1) is 23.5. The zero-order valence-electron chi connectivity index (χ0n) is 18.5. The van der Waals surface area contributed by atoms with Gasteiger partial charge < -0.3 is 14.7 Å². The van der Waals surface area contributed by atoms with Gasteiger partial charge in [0.15, 0.2) is 15.8 Å². The third-order valence-electron chi connectivity index (χ3n) is 6.12. The first-order valence-electron chi connectivity index (χ1n) is 10.8. The van der Waals surface area contributed by atoms with Crippen molar-refractivity contribution in [2.75, 3.05) is 24.7 Å². The van der Waals surface area contributed by atoms with Crippen LogP contribution in [0, 0.1) is 0 Å². The molecule has 1 saturated carbocycles. The molecule has 0 spiro atoms. The van der Waals surface area contributed by atoms with Crippen molar-refractivity contribution in [2.45, 2.75) is 55.7 Å². The van der Waals surface area contributed by atoms with E-state index in [1.807, 2.05) is 18.7 Å². The van der Waals surface area contributed by atoms with E-state index in [-0.39, 0.29) is 28.4 Å². The summed E-state index contributed by atoms with van der Waals surface area (Å²) >= 11 is 0.706. The summed E-state index contributed by atoms with van der Waals surface area (Å²) in [5.41, 5.74) is 0.673. The topological polar surface area (TPSA) is 122 Å². The van der Waals surface area contributed by atoms with Gasteiger partial charge >= 0.3 is 0 Å². The average molecular weight is 515 g/mol. The summed E-state index contributed by atoms with van der Waals surface area (Å²) in [6.07, 6.45) is 1.27. The number of imidazole rings is 1. The SMILES string of the molecule is C[C@H]1CO[C@H](CO)CN1c1cc(S(=O)(=O)NC2(C)CC2)cn2c(-c3nnc(C(F)F)s3)ncc12. The standard InChI is InChI=1S/C20H24F2N6O4S2/c1-11-10-32-12(9-29)7-27(11)14-5-13(34(30,31)26-20(2)3-4-20)8-28-15(14)6-23-17(28)19-25-24-18(33-19)16(21)22/h5-6,8,11-12,16,26,29H,3-4,7,9-10H2,1-2H3/t11-,12-/m0/s1. The second kappa shape index (κ2) is 8.45. The van der Waals surface area contributed by atoms with Crippen LogP contribution < -0.4 is 9.62 Å². The second-order valence-electron chi connectivity index (χ2n) is 8.95. The minimum Gasteiger partial charge on any atom is -0.394 e. The number of nitrogens with one attached hydrogen (secondary N) is 1. The lowest BCUT2D eigenvalue weighted by Gasteiger charge is -2.39. The van der Waals surface area contributed by atoms with Crippen LogP contribution in [0.3, 0.4) is 0 Å². The van der Waals surface area contributed by atoms with Gasteiger partial charge in [0.05, 0.1) is 36.7 Å². The van der Waals surface area contributed by atoms with Crippen LogP contribution in [0.1, 0.15) is 38.1 Å². The molecule has 5 rings (SSSR count). The van der Waals surface area contributed by atoms with Gasteiger partial charge in [-0.1, -0.05) is 11.3 Å². The van der Waals surface area contributed by atoms with Crippen LogP contribution in [0.25, 0.3) is 16.3 Å². The van der Waals surface area contributed by atoms with Crippen LogP contribution in [-0.2, 0) is 14.8 Å². The van der Waals surface area contributed by atoms with Crippen molar-refractivity contribution in [1.29, 1.82) is 0 Å². The molecule has 2 atom stereocenters. The fraction of sp³-hybridized carbons (Fsp3) is 0.550. The Labute approximate surface area is 198 Å². The van der Waals surface area contributed by atoms with E-state index >= 15 is 0 Å². The minimum atomic E-state index is -3.89. The molecule has 14 heteroatoms. The fourth-order valence-electron chi connectivity index (χ4n) is 3.94. The molecular weight excluding hydrogens is 490 g/mol. The number of aliphatic hydroxyl groups excluding tert-OH is 1. The van der Waals surface area contributed by atoms with E-state index in [0.29, 0.717) is 35.7 Å². The third-order valence-corrected chi connectivity index (χ3v) is 8.65. The molecule has 1 aliphatic heterocycles. The largest absolute Gasteiger partial charge is 0.394 e. The normalized spacial score (nSPS) is 22.6. The van der Waals surface area contributed by atoms with E-state index < -0.39 is 33.1 Å². The number of hydrogen-bond acceptors (Lipinski definition) is 9. The number of hydrogen-bond donors (Lipinski definition) is 2. The zero-order valence-corrected chi connectivity index (χ0v) is 20.1. The molecule has 10 nitrogen and oxygen atoms in total. The molecule has 1 saturated heterocycles. The molecule has 1 aliphatic carbocycles. The van der Waals surface area contributed by atoms with Gasteiger partial charge in [0.2, 0.25) is 10.0 Å². The number of rotatable bonds is 7. The van der Waals surface area contributed by atoms with Gasteiger partial charge in [-0.3, -0.25) is 4.40 Å². The van der Waals surface area contributed by atoms with E-state index in [1.165, 1.54) is 6.20 Å². The van der Waals surface area contributed by atoms with E-state index in [2.05, 4.69) is 19.9 Å². The minimum absolute atomic E-state index is 0.0141. The predicted octanol–water partition coefficient (Wildman–Crippen LogP) is 2.21. The lowest BCUT2D eigenvalue weighted by atomic mass is 10.1. The number of halogens is 2. The zero-order chi connectivity index (χ0) is 24.3. The van der Waals surface area contributed by atoms with Gasteiger partial charge in [0, 0.05) is 24.3 Å². The summed E-state index contributed by atoms with van der Waals surface area (Å²) in [6.45, 7) is 4.29. The number of morpholine rings is 1. The van der Waals surface area contributed by atoms with Crippen LogP contribution in [0.2, 0.25) is 0 Å². The highest BCUT2D eigenvalue weighted by Gasteiger charge is 2.41. The Hall–Kier alpha value is -2.26. The van der Waals surface area contributed by atoms with Crippen LogP contribution in [0.15, 0.2) is 23.4 Å². The van der Waals surface area contributed by atoms with E-state index in [9.17, 15) is 22.3 Å². The van der Waals surface area contributed by atoms with Gasteiger partial charge in [-0.25, -0.2) is 26.9 Å². The number of nitrogens with zero attached hydrogens (tertiary/aromatic N) is 5. The van der Waals surface area contributed by atoms with Crippen molar-refractivity contribution in [3.05, 3.63) is 23.5 Å². The molecule has 0 amide bonds. The number of aromatic nitrogens is 4. The van der Waals surface area contributed by atoms with Crippen LogP contribution >= 0.6 is 11.3 Å². The van der Waals surface area contributed by atoms with Crippen LogP contribution in [0.5, 0.6) is 0 Å². The average Bonchev–Trinajstić information content (AvgIpc) is 3.19. The van der Waals surface area contributed by atoms with Gasteiger partial charge in [-0.2, -0.15) is 0 Å². The van der Waals surface area contributed by atoms with Crippen LogP contribution in [0.4, 0.5) is 14.5 Å². The molecule has 0 radical (unpaired) electrons. The second-order valence-corrected chi connectivity index (χ2v) is 11.6. The molecule has 2 N–H and O–H groups in total. The molecule has 2 fully saturated rings. The van der Waals surface area contributed by atoms with Crippen molar-refractivity contribution in [1.82, 2.24) is 24.3 Å². The first-order valence-corrected chi connectivity index (χ1v) is 13.1. The van der Waals surface area contributed by atoms with Gasteiger partial charge in [-0.05, 0) is 32.8 Å². The predicted molar refractivity (Wildman–Crippen MR) is 121 cm³/mol. The molecule has 2 aliphatic rings. The van der Waals surface area contributed by atoms with E-state index in [0.717, 1.165) is 12.8 Å². The molecule has 34 heavy (non-hydrogen) atoms. The Morgan fingerprint density at radius 2 is 2.15 bits per heavy atom. The van der Waals surface area contributed by atoms with Gasteiger partial charge in [-0.15, -0.1) is 10.2 Å². The van der Waals surface area contributed by atoms with E-state index in [1.54, 1.807) is 16.7 Å². The Morgan fingerprint density at radius 1 is 1.38 bits per heavy atom. The molecule has 0 unspecified atom stereocenters.